The SMILES string of the molecule is C.C.O=C(Nc1ccccc1-c1nc2cccnc2o1)c1ccccc1. The van der Waals surface area contributed by atoms with E-state index in [9.17, 15) is 4.79 Å². The van der Waals surface area contributed by atoms with E-state index in [1.807, 2.05) is 48.5 Å². The number of pyridine rings is 1. The largest absolute Gasteiger partial charge is 0.418 e. The van der Waals surface area contributed by atoms with Crippen LogP contribution < -0.4 is 5.32 Å². The standard InChI is InChI=1S/C19H13N3O2.2CH4/c23-17(13-7-2-1-3-8-13)21-15-10-5-4-9-14(15)18-22-16-11-6-12-20-19(16)24-18;;/h1-12H,(H,21,23);2*1H4. The summed E-state index contributed by atoms with van der Waals surface area (Å²) in [7, 11) is 0. The number of carbonyl (C=O) groups excluding carboxylic acids is 1. The summed E-state index contributed by atoms with van der Waals surface area (Å²) in [6.07, 6.45) is 1.65. The van der Waals surface area contributed by atoms with Gasteiger partial charge >= 0.3 is 0 Å². The van der Waals surface area contributed by atoms with E-state index in [1.165, 1.54) is 0 Å². The number of fused-ring (bicyclic) bond motifs is 1. The van der Waals surface area contributed by atoms with Crippen LogP contribution in [0.2, 0.25) is 0 Å². The summed E-state index contributed by atoms with van der Waals surface area (Å²) in [5, 5.41) is 2.91. The number of amides is 1. The first-order chi connectivity index (χ1) is 11.8. The predicted octanol–water partition coefficient (Wildman–Crippen LogP) is 5.41. The van der Waals surface area contributed by atoms with E-state index >= 15 is 0 Å². The Balaban J connectivity index is 0.00000121. The first kappa shape index (κ1) is 18.9. The predicted molar refractivity (Wildman–Crippen MR) is 105 cm³/mol. The molecule has 0 fully saturated rings. The van der Waals surface area contributed by atoms with Crippen LogP contribution in [0.5, 0.6) is 0 Å². The average Bonchev–Trinajstić information content (AvgIpc) is 3.07. The fraction of sp³-hybridized carbons (Fsp3) is 0.0952. The molecular formula is C21H21N3O2. The van der Waals surface area contributed by atoms with Crippen molar-refractivity contribution in [2.75, 3.05) is 5.32 Å². The van der Waals surface area contributed by atoms with Crippen molar-refractivity contribution < 1.29 is 9.21 Å². The van der Waals surface area contributed by atoms with Crippen molar-refractivity contribution in [2.24, 2.45) is 0 Å². The monoisotopic (exact) mass is 347 g/mol. The lowest BCUT2D eigenvalue weighted by atomic mass is 10.1. The molecule has 2 heterocycles. The van der Waals surface area contributed by atoms with Gasteiger partial charge in [0, 0.05) is 11.8 Å². The summed E-state index contributed by atoms with van der Waals surface area (Å²) < 4.78 is 5.71. The molecule has 0 saturated heterocycles. The highest BCUT2D eigenvalue weighted by Gasteiger charge is 2.14. The van der Waals surface area contributed by atoms with Crippen molar-refractivity contribution in [1.29, 1.82) is 0 Å². The fourth-order valence-corrected chi connectivity index (χ4v) is 2.45. The average molecular weight is 347 g/mol. The lowest BCUT2D eigenvalue weighted by Crippen LogP contribution is -2.12. The Hall–Kier alpha value is -3.47. The maximum atomic E-state index is 12.4. The normalized spacial score (nSPS) is 9.85. The van der Waals surface area contributed by atoms with Crippen LogP contribution in [0.15, 0.2) is 77.3 Å². The molecule has 132 valence electrons. The second kappa shape index (κ2) is 8.07. The summed E-state index contributed by atoms with van der Waals surface area (Å²) >= 11 is 0. The molecule has 26 heavy (non-hydrogen) atoms. The molecule has 2 aromatic carbocycles. The first-order valence-corrected chi connectivity index (χ1v) is 7.48. The van der Waals surface area contributed by atoms with Crippen molar-refractivity contribution in [3.8, 4) is 11.5 Å². The van der Waals surface area contributed by atoms with Crippen molar-refractivity contribution in [3.63, 3.8) is 0 Å². The lowest BCUT2D eigenvalue weighted by Gasteiger charge is -2.08. The summed E-state index contributed by atoms with van der Waals surface area (Å²) in [5.41, 5.74) is 3.08. The Morgan fingerprint density at radius 2 is 1.62 bits per heavy atom. The van der Waals surface area contributed by atoms with Crippen LogP contribution in [0.4, 0.5) is 5.69 Å². The van der Waals surface area contributed by atoms with E-state index in [2.05, 4.69) is 15.3 Å². The van der Waals surface area contributed by atoms with Crippen molar-refractivity contribution >= 4 is 22.8 Å². The number of nitrogens with zero attached hydrogens (tertiary/aromatic N) is 2. The molecule has 0 aliphatic rings. The second-order valence-corrected chi connectivity index (χ2v) is 5.21. The number of hydrogen-bond donors (Lipinski definition) is 1. The van der Waals surface area contributed by atoms with Gasteiger partial charge in [-0.2, -0.15) is 0 Å². The van der Waals surface area contributed by atoms with Gasteiger partial charge in [0.05, 0.1) is 11.3 Å². The maximum Gasteiger partial charge on any atom is 0.255 e. The Kier molecular flexibility index (Phi) is 5.86. The number of carbonyl (C=O) groups is 1. The van der Waals surface area contributed by atoms with Crippen LogP contribution in [-0.4, -0.2) is 15.9 Å². The number of hydrogen-bond acceptors (Lipinski definition) is 4. The van der Waals surface area contributed by atoms with Gasteiger partial charge in [0.25, 0.3) is 5.91 Å². The first-order valence-electron chi connectivity index (χ1n) is 7.48. The minimum atomic E-state index is -0.183. The van der Waals surface area contributed by atoms with Gasteiger partial charge in [-0.25, -0.2) is 9.97 Å². The number of anilines is 1. The van der Waals surface area contributed by atoms with E-state index in [1.54, 1.807) is 24.4 Å². The fourth-order valence-electron chi connectivity index (χ4n) is 2.45. The van der Waals surface area contributed by atoms with Gasteiger partial charge in [-0.15, -0.1) is 0 Å². The van der Waals surface area contributed by atoms with Gasteiger partial charge in [-0.3, -0.25) is 4.79 Å². The van der Waals surface area contributed by atoms with Gasteiger partial charge in [0.1, 0.15) is 5.52 Å². The Morgan fingerprint density at radius 3 is 2.38 bits per heavy atom. The van der Waals surface area contributed by atoms with Gasteiger partial charge in [0.15, 0.2) is 0 Å². The molecule has 1 N–H and O–H groups in total. The molecule has 0 atom stereocenters. The molecule has 2 aromatic heterocycles. The zero-order valence-corrected chi connectivity index (χ0v) is 12.6. The van der Waals surface area contributed by atoms with E-state index in [-0.39, 0.29) is 20.8 Å². The van der Waals surface area contributed by atoms with Gasteiger partial charge < -0.3 is 9.73 Å². The topological polar surface area (TPSA) is 68.0 Å². The number of aromatic nitrogens is 2. The molecular weight excluding hydrogens is 326 g/mol. The Bertz CT molecular complexity index is 977. The summed E-state index contributed by atoms with van der Waals surface area (Å²) in [6, 6.07) is 20.1. The molecule has 0 aliphatic carbocycles. The molecule has 4 rings (SSSR count). The van der Waals surface area contributed by atoms with Crippen molar-refractivity contribution in [2.45, 2.75) is 14.9 Å². The quantitative estimate of drug-likeness (QED) is 0.538. The molecule has 1 amide bonds. The molecule has 0 radical (unpaired) electrons. The number of oxazole rings is 1. The Morgan fingerprint density at radius 1 is 0.885 bits per heavy atom. The van der Waals surface area contributed by atoms with E-state index in [0.29, 0.717) is 33.9 Å². The number of rotatable bonds is 3. The molecule has 0 saturated carbocycles. The van der Waals surface area contributed by atoms with Crippen LogP contribution in [0.25, 0.3) is 22.7 Å². The molecule has 0 unspecified atom stereocenters. The number of nitrogens with one attached hydrogen (secondary N) is 1. The highest BCUT2D eigenvalue weighted by Crippen LogP contribution is 2.29. The van der Waals surface area contributed by atoms with Crippen molar-refractivity contribution in [3.05, 3.63) is 78.5 Å². The summed E-state index contributed by atoms with van der Waals surface area (Å²) in [4.78, 5) is 21.0. The zero-order chi connectivity index (χ0) is 16.4. The van der Waals surface area contributed by atoms with Gasteiger partial charge in [-0.05, 0) is 36.4 Å². The minimum Gasteiger partial charge on any atom is -0.418 e. The second-order valence-electron chi connectivity index (χ2n) is 5.21. The molecule has 5 nitrogen and oxygen atoms in total. The zero-order valence-electron chi connectivity index (χ0n) is 12.6. The highest BCUT2D eigenvalue weighted by molar-refractivity contribution is 6.06. The summed E-state index contributed by atoms with van der Waals surface area (Å²) in [5.74, 6) is 0.241. The van der Waals surface area contributed by atoms with Crippen LogP contribution in [0.3, 0.4) is 0 Å². The van der Waals surface area contributed by atoms with Crippen LogP contribution in [0, 0.1) is 0 Å². The Labute approximate surface area is 152 Å². The third kappa shape index (κ3) is 3.62. The molecule has 0 aliphatic heterocycles. The van der Waals surface area contributed by atoms with Crippen LogP contribution in [0.1, 0.15) is 25.2 Å². The van der Waals surface area contributed by atoms with E-state index < -0.39 is 0 Å². The smallest absolute Gasteiger partial charge is 0.255 e. The third-order valence-corrected chi connectivity index (χ3v) is 3.61. The van der Waals surface area contributed by atoms with Crippen LogP contribution in [-0.2, 0) is 0 Å². The van der Waals surface area contributed by atoms with Crippen LogP contribution >= 0.6 is 0 Å². The number of benzene rings is 2. The third-order valence-electron chi connectivity index (χ3n) is 3.61. The van der Waals surface area contributed by atoms with E-state index in [0.717, 1.165) is 0 Å². The molecule has 4 aromatic rings. The molecule has 5 heteroatoms. The van der Waals surface area contributed by atoms with E-state index in [4.69, 9.17) is 4.42 Å². The lowest BCUT2D eigenvalue weighted by molar-refractivity contribution is 0.102. The summed E-state index contributed by atoms with van der Waals surface area (Å²) in [6.45, 7) is 0. The van der Waals surface area contributed by atoms with Gasteiger partial charge in [0.2, 0.25) is 11.6 Å². The number of para-hydroxylation sites is 1. The highest BCUT2D eigenvalue weighted by atomic mass is 16.4. The minimum absolute atomic E-state index is 0. The molecule has 0 spiro atoms. The maximum absolute atomic E-state index is 12.4. The van der Waals surface area contributed by atoms with Crippen molar-refractivity contribution in [1.82, 2.24) is 9.97 Å². The molecule has 0 bridgehead atoms. The van der Waals surface area contributed by atoms with Gasteiger partial charge in [-0.1, -0.05) is 45.2 Å².